The molecule has 1 aromatic heterocycles. The maximum Gasteiger partial charge on any atom is 0.214 e. The number of H-pyrrole nitrogens is 1. The molecule has 0 radical (unpaired) electrons. The molecule has 22 heavy (non-hydrogen) atoms. The van der Waals surface area contributed by atoms with Crippen molar-refractivity contribution in [1.29, 1.82) is 0 Å². The number of hydrogen-bond acceptors (Lipinski definition) is 1. The van der Waals surface area contributed by atoms with E-state index in [4.69, 9.17) is 0 Å². The predicted molar refractivity (Wildman–Crippen MR) is 94.5 cm³/mol. The highest BCUT2D eigenvalue weighted by atomic mass is 79.9. The molecule has 0 saturated carbocycles. The first-order chi connectivity index (χ1) is 10.8. The predicted octanol–water partition coefficient (Wildman–Crippen LogP) is 4.27. The lowest BCUT2D eigenvalue weighted by molar-refractivity contribution is -0.107. The third-order valence-corrected chi connectivity index (χ3v) is 4.49. The number of aromatic amines is 1. The van der Waals surface area contributed by atoms with Crippen molar-refractivity contribution in [1.82, 2.24) is 4.98 Å². The van der Waals surface area contributed by atoms with Gasteiger partial charge in [0.05, 0.1) is 0 Å². The first-order valence-corrected chi connectivity index (χ1v) is 8.36. The molecule has 1 N–H and O–H groups in total. The van der Waals surface area contributed by atoms with Gasteiger partial charge in [-0.05, 0) is 35.7 Å². The van der Waals surface area contributed by atoms with Crippen molar-refractivity contribution in [2.75, 3.05) is 11.4 Å². The molecule has 0 unspecified atom stereocenters. The van der Waals surface area contributed by atoms with Crippen molar-refractivity contribution in [2.24, 2.45) is 0 Å². The number of alkyl halides is 1. The zero-order valence-electron chi connectivity index (χ0n) is 12.1. The number of para-hydroxylation sites is 1. The van der Waals surface area contributed by atoms with E-state index in [1.165, 1.54) is 16.5 Å². The number of halogens is 1. The van der Waals surface area contributed by atoms with E-state index in [0.717, 1.165) is 29.4 Å². The van der Waals surface area contributed by atoms with Crippen LogP contribution in [0.15, 0.2) is 54.7 Å². The van der Waals surface area contributed by atoms with E-state index in [-0.39, 0.29) is 0 Å². The summed E-state index contributed by atoms with van der Waals surface area (Å²) < 4.78 is 0. The molecule has 4 heteroatoms. The molecule has 0 aliphatic rings. The van der Waals surface area contributed by atoms with Gasteiger partial charge in [-0.2, -0.15) is 0 Å². The van der Waals surface area contributed by atoms with Gasteiger partial charge in [0.15, 0.2) is 0 Å². The monoisotopic (exact) mass is 356 g/mol. The Bertz CT molecular complexity index is 764. The zero-order valence-corrected chi connectivity index (χ0v) is 13.7. The highest BCUT2D eigenvalue weighted by Gasteiger charge is 2.08. The second-order valence-electron chi connectivity index (χ2n) is 5.21. The number of carbonyl (C=O) groups is 1. The van der Waals surface area contributed by atoms with Crippen LogP contribution in [0, 0.1) is 0 Å². The van der Waals surface area contributed by atoms with Crippen LogP contribution >= 0.6 is 15.9 Å². The number of nitrogens with one attached hydrogen (secondary N) is 1. The van der Waals surface area contributed by atoms with E-state index >= 15 is 0 Å². The van der Waals surface area contributed by atoms with Crippen LogP contribution in [-0.2, 0) is 16.5 Å². The average molecular weight is 357 g/mol. The summed E-state index contributed by atoms with van der Waals surface area (Å²) in [7, 11) is 0. The largest absolute Gasteiger partial charge is 0.361 e. The second kappa shape index (κ2) is 6.79. The molecule has 3 aromatic rings. The molecule has 112 valence electrons. The molecule has 1 heterocycles. The maximum absolute atomic E-state index is 11.4. The standard InChI is InChI=1S/C18H17BrN2O/c19-11-14-5-7-16(8-6-14)21(13-22)10-9-15-12-20-18-4-2-1-3-17(15)18/h1-8,12-13,20H,9-11H2. The van der Waals surface area contributed by atoms with Gasteiger partial charge in [-0.25, -0.2) is 0 Å². The molecule has 0 aliphatic carbocycles. The van der Waals surface area contributed by atoms with Gasteiger partial charge < -0.3 is 9.88 Å². The number of rotatable bonds is 6. The van der Waals surface area contributed by atoms with Crippen LogP contribution in [0.3, 0.4) is 0 Å². The summed E-state index contributed by atoms with van der Waals surface area (Å²) in [5.41, 5.74) is 4.50. The van der Waals surface area contributed by atoms with Gasteiger partial charge >= 0.3 is 0 Å². The third-order valence-electron chi connectivity index (χ3n) is 3.85. The molecule has 3 rings (SSSR count). The fourth-order valence-electron chi connectivity index (χ4n) is 2.60. The average Bonchev–Trinajstić information content (AvgIpc) is 2.99. The minimum Gasteiger partial charge on any atom is -0.361 e. The number of hydrogen-bond donors (Lipinski definition) is 1. The lowest BCUT2D eigenvalue weighted by atomic mass is 10.1. The second-order valence-corrected chi connectivity index (χ2v) is 5.77. The van der Waals surface area contributed by atoms with Crippen LogP contribution in [0.5, 0.6) is 0 Å². The Hall–Kier alpha value is -2.07. The lowest BCUT2D eigenvalue weighted by Gasteiger charge is -2.17. The Morgan fingerprint density at radius 3 is 2.59 bits per heavy atom. The number of carbonyl (C=O) groups excluding carboxylic acids is 1. The zero-order chi connectivity index (χ0) is 15.4. The summed E-state index contributed by atoms with van der Waals surface area (Å²) in [6.45, 7) is 0.666. The molecular formula is C18H17BrN2O. The van der Waals surface area contributed by atoms with E-state index in [1.54, 1.807) is 4.90 Å². The molecule has 1 amide bonds. The number of fused-ring (bicyclic) bond motifs is 1. The molecule has 0 aliphatic heterocycles. The summed E-state index contributed by atoms with van der Waals surface area (Å²) >= 11 is 3.43. The van der Waals surface area contributed by atoms with Gasteiger partial charge in [0.2, 0.25) is 6.41 Å². The van der Waals surface area contributed by atoms with Crippen LogP contribution in [0.2, 0.25) is 0 Å². The summed E-state index contributed by atoms with van der Waals surface area (Å²) in [4.78, 5) is 16.4. The van der Waals surface area contributed by atoms with Crippen LogP contribution < -0.4 is 4.90 Å². The van der Waals surface area contributed by atoms with Gasteiger partial charge in [0, 0.05) is 34.7 Å². The SMILES string of the molecule is O=CN(CCc1c[nH]c2ccccc12)c1ccc(CBr)cc1. The molecule has 2 aromatic carbocycles. The quantitative estimate of drug-likeness (QED) is 0.519. The highest BCUT2D eigenvalue weighted by Crippen LogP contribution is 2.20. The van der Waals surface area contributed by atoms with E-state index < -0.39 is 0 Å². The van der Waals surface area contributed by atoms with Crippen LogP contribution in [-0.4, -0.2) is 17.9 Å². The maximum atomic E-state index is 11.4. The van der Waals surface area contributed by atoms with E-state index in [9.17, 15) is 4.79 Å². The molecular weight excluding hydrogens is 340 g/mol. The van der Waals surface area contributed by atoms with Crippen molar-refractivity contribution in [2.45, 2.75) is 11.8 Å². The van der Waals surface area contributed by atoms with Gasteiger partial charge in [0.25, 0.3) is 0 Å². The first kappa shape index (κ1) is 14.9. The number of benzene rings is 2. The minimum atomic E-state index is 0.666. The van der Waals surface area contributed by atoms with Crippen molar-refractivity contribution in [3.05, 3.63) is 65.9 Å². The fourth-order valence-corrected chi connectivity index (χ4v) is 2.97. The van der Waals surface area contributed by atoms with Gasteiger partial charge in [-0.15, -0.1) is 0 Å². The van der Waals surface area contributed by atoms with Gasteiger partial charge in [0.1, 0.15) is 0 Å². The summed E-state index contributed by atoms with van der Waals surface area (Å²) in [5.74, 6) is 0. The number of amides is 1. The Morgan fingerprint density at radius 1 is 1.09 bits per heavy atom. The Morgan fingerprint density at radius 2 is 1.86 bits per heavy atom. The van der Waals surface area contributed by atoms with E-state index in [2.05, 4.69) is 33.0 Å². The number of anilines is 1. The van der Waals surface area contributed by atoms with Crippen molar-refractivity contribution in [3.8, 4) is 0 Å². The normalized spacial score (nSPS) is 10.8. The Labute approximate surface area is 138 Å². The highest BCUT2D eigenvalue weighted by molar-refractivity contribution is 9.08. The number of nitrogens with zero attached hydrogens (tertiary/aromatic N) is 1. The third kappa shape index (κ3) is 3.07. The first-order valence-electron chi connectivity index (χ1n) is 7.23. The van der Waals surface area contributed by atoms with Gasteiger partial charge in [-0.3, -0.25) is 4.79 Å². The Kier molecular flexibility index (Phi) is 4.59. The molecule has 0 spiro atoms. The van der Waals surface area contributed by atoms with E-state index in [0.29, 0.717) is 6.54 Å². The Balaban J connectivity index is 1.74. The topological polar surface area (TPSA) is 36.1 Å². The van der Waals surface area contributed by atoms with Crippen LogP contribution in [0.25, 0.3) is 10.9 Å². The van der Waals surface area contributed by atoms with E-state index in [1.807, 2.05) is 42.6 Å². The minimum absolute atomic E-state index is 0.666. The summed E-state index contributed by atoms with van der Waals surface area (Å²) in [5, 5.41) is 2.05. The molecule has 0 saturated heterocycles. The van der Waals surface area contributed by atoms with Crippen molar-refractivity contribution >= 4 is 38.9 Å². The molecule has 0 fully saturated rings. The lowest BCUT2D eigenvalue weighted by Crippen LogP contribution is -2.23. The molecule has 0 bridgehead atoms. The van der Waals surface area contributed by atoms with Crippen molar-refractivity contribution in [3.63, 3.8) is 0 Å². The number of aromatic nitrogens is 1. The molecule has 3 nitrogen and oxygen atoms in total. The van der Waals surface area contributed by atoms with Gasteiger partial charge in [-0.1, -0.05) is 46.3 Å². The summed E-state index contributed by atoms with van der Waals surface area (Å²) in [6, 6.07) is 16.3. The smallest absolute Gasteiger partial charge is 0.214 e. The van der Waals surface area contributed by atoms with Crippen molar-refractivity contribution < 1.29 is 4.79 Å². The fraction of sp³-hybridized carbons (Fsp3) is 0.167. The summed E-state index contributed by atoms with van der Waals surface area (Å²) in [6.07, 6.45) is 3.75. The van der Waals surface area contributed by atoms with Crippen LogP contribution in [0.4, 0.5) is 5.69 Å². The van der Waals surface area contributed by atoms with Crippen LogP contribution in [0.1, 0.15) is 11.1 Å². The molecule has 0 atom stereocenters.